The van der Waals surface area contributed by atoms with Gasteiger partial charge in [0.15, 0.2) is 16.6 Å². The molecule has 0 unspecified atom stereocenters. The monoisotopic (exact) mass is 333 g/mol. The normalized spacial score (nSPS) is 26.9. The minimum atomic E-state index is -0.264. The largest absolute Gasteiger partial charge is 0.454 e. The maximum Gasteiger partial charge on any atom is 0.269 e. The highest BCUT2D eigenvalue weighted by Gasteiger charge is 2.39. The average Bonchev–Trinajstić information content (AvgIpc) is 3.27. The van der Waals surface area contributed by atoms with E-state index in [2.05, 4.69) is 16.2 Å². The van der Waals surface area contributed by atoms with Gasteiger partial charge in [-0.2, -0.15) is 0 Å². The molecule has 1 amide bonds. The molecule has 1 heterocycles. The van der Waals surface area contributed by atoms with Crippen molar-refractivity contribution in [1.29, 1.82) is 0 Å². The van der Waals surface area contributed by atoms with E-state index >= 15 is 0 Å². The molecule has 23 heavy (non-hydrogen) atoms. The summed E-state index contributed by atoms with van der Waals surface area (Å²) in [7, 11) is 0. The zero-order valence-electron chi connectivity index (χ0n) is 12.6. The Hall–Kier alpha value is -2.02. The molecule has 3 atom stereocenters. The van der Waals surface area contributed by atoms with Gasteiger partial charge >= 0.3 is 0 Å². The molecule has 0 spiro atoms. The van der Waals surface area contributed by atoms with Crippen LogP contribution < -0.4 is 25.6 Å². The van der Waals surface area contributed by atoms with Crippen LogP contribution in [0.3, 0.4) is 0 Å². The van der Waals surface area contributed by atoms with Crippen LogP contribution in [0.2, 0.25) is 0 Å². The van der Waals surface area contributed by atoms with E-state index in [4.69, 9.17) is 21.7 Å². The van der Waals surface area contributed by atoms with Crippen molar-refractivity contribution in [1.82, 2.24) is 16.2 Å². The highest BCUT2D eigenvalue weighted by atomic mass is 32.1. The molecule has 0 radical (unpaired) electrons. The van der Waals surface area contributed by atoms with Crippen molar-refractivity contribution >= 4 is 23.2 Å². The molecular weight excluding hydrogens is 314 g/mol. The molecule has 2 fully saturated rings. The topological polar surface area (TPSA) is 71.6 Å². The maximum atomic E-state index is 12.2. The van der Waals surface area contributed by atoms with Gasteiger partial charge in [0, 0.05) is 11.6 Å². The number of rotatable bonds is 2. The number of thiocarbonyl (C=S) groups is 1. The molecular formula is C16H19N3O3S. The van der Waals surface area contributed by atoms with E-state index in [9.17, 15) is 4.79 Å². The summed E-state index contributed by atoms with van der Waals surface area (Å²) in [5, 5.41) is 3.79. The van der Waals surface area contributed by atoms with Gasteiger partial charge in [0.2, 0.25) is 6.79 Å². The van der Waals surface area contributed by atoms with Crippen molar-refractivity contribution in [2.24, 2.45) is 11.8 Å². The number of carbonyl (C=O) groups excluding carboxylic acids is 1. The molecule has 3 aliphatic rings. The first-order valence-electron chi connectivity index (χ1n) is 7.95. The Morgan fingerprint density at radius 1 is 1.13 bits per heavy atom. The molecule has 3 N–H and O–H groups in total. The van der Waals surface area contributed by atoms with Crippen LogP contribution in [0.15, 0.2) is 18.2 Å². The van der Waals surface area contributed by atoms with Gasteiger partial charge in [-0.1, -0.05) is 6.42 Å². The van der Waals surface area contributed by atoms with Crippen molar-refractivity contribution in [2.45, 2.75) is 31.7 Å². The van der Waals surface area contributed by atoms with E-state index in [0.29, 0.717) is 28.2 Å². The lowest BCUT2D eigenvalue weighted by Crippen LogP contribution is -2.50. The van der Waals surface area contributed by atoms with E-state index < -0.39 is 0 Å². The quantitative estimate of drug-likeness (QED) is 0.565. The third-order valence-corrected chi connectivity index (χ3v) is 5.20. The summed E-state index contributed by atoms with van der Waals surface area (Å²) in [5.41, 5.74) is 5.89. The first kappa shape index (κ1) is 14.6. The molecule has 0 saturated heterocycles. The molecule has 2 bridgehead atoms. The summed E-state index contributed by atoms with van der Waals surface area (Å²) in [6.45, 7) is 0.191. The van der Waals surface area contributed by atoms with Crippen LogP contribution in [0.25, 0.3) is 0 Å². The van der Waals surface area contributed by atoms with Crippen LogP contribution in [-0.2, 0) is 0 Å². The van der Waals surface area contributed by atoms with Gasteiger partial charge in [-0.05, 0) is 61.5 Å². The second kappa shape index (κ2) is 5.88. The Bertz CT molecular complexity index is 651. The highest BCUT2D eigenvalue weighted by molar-refractivity contribution is 7.80. The van der Waals surface area contributed by atoms with E-state index in [-0.39, 0.29) is 12.7 Å². The predicted molar refractivity (Wildman–Crippen MR) is 88.1 cm³/mol. The Kier molecular flexibility index (Phi) is 3.72. The van der Waals surface area contributed by atoms with Crippen LogP contribution in [0.1, 0.15) is 36.0 Å². The summed E-state index contributed by atoms with van der Waals surface area (Å²) in [6.07, 6.45) is 5.13. The van der Waals surface area contributed by atoms with Crippen LogP contribution >= 0.6 is 12.2 Å². The molecule has 2 aliphatic carbocycles. The number of hydrogen-bond donors (Lipinski definition) is 3. The summed E-state index contributed by atoms with van der Waals surface area (Å²) in [5.74, 6) is 2.55. The lowest BCUT2D eigenvalue weighted by atomic mass is 9.96. The smallest absolute Gasteiger partial charge is 0.269 e. The van der Waals surface area contributed by atoms with Gasteiger partial charge in [0.05, 0.1) is 0 Å². The number of benzene rings is 1. The van der Waals surface area contributed by atoms with E-state index in [1.54, 1.807) is 18.2 Å². The highest BCUT2D eigenvalue weighted by Crippen LogP contribution is 2.44. The second-order valence-corrected chi connectivity index (χ2v) is 6.81. The minimum Gasteiger partial charge on any atom is -0.454 e. The van der Waals surface area contributed by atoms with Gasteiger partial charge in [0.1, 0.15) is 0 Å². The number of carbonyl (C=O) groups is 1. The third-order valence-electron chi connectivity index (χ3n) is 4.98. The molecule has 0 aromatic heterocycles. The first-order chi connectivity index (χ1) is 11.2. The van der Waals surface area contributed by atoms with Gasteiger partial charge in [0.25, 0.3) is 5.91 Å². The standard InChI is InChI=1S/C16H19N3O3S/c20-15(11-3-4-13-14(7-11)22-8-21-13)18-19-16(23)17-12-6-9-1-2-10(12)5-9/h3-4,7,9-10,12H,1-2,5-6,8H2,(H,18,20)(H2,17,19,23)/t9-,10-,12+/m0/s1. The first-order valence-corrected chi connectivity index (χ1v) is 8.36. The van der Waals surface area contributed by atoms with Crippen LogP contribution in [0.5, 0.6) is 11.5 Å². The SMILES string of the molecule is O=C(NNC(=S)N[C@@H]1C[C@H]2CC[C@H]1C2)c1ccc2c(c1)OCO2. The molecule has 4 rings (SSSR count). The van der Waals surface area contributed by atoms with Gasteiger partial charge < -0.3 is 14.8 Å². The number of fused-ring (bicyclic) bond motifs is 3. The predicted octanol–water partition coefficient (Wildman–Crippen LogP) is 1.71. The van der Waals surface area contributed by atoms with Gasteiger partial charge in [-0.3, -0.25) is 15.6 Å². The Balaban J connectivity index is 1.28. The molecule has 2 saturated carbocycles. The van der Waals surface area contributed by atoms with E-state index in [1.165, 1.54) is 25.7 Å². The van der Waals surface area contributed by atoms with Crippen molar-refractivity contribution in [3.8, 4) is 11.5 Å². The van der Waals surface area contributed by atoms with Crippen LogP contribution in [0, 0.1) is 11.8 Å². The third kappa shape index (κ3) is 2.93. The van der Waals surface area contributed by atoms with E-state index in [1.807, 2.05) is 0 Å². The fourth-order valence-electron chi connectivity index (χ4n) is 3.85. The lowest BCUT2D eigenvalue weighted by molar-refractivity contribution is 0.0943. The van der Waals surface area contributed by atoms with Crippen molar-refractivity contribution in [3.63, 3.8) is 0 Å². The van der Waals surface area contributed by atoms with Crippen molar-refractivity contribution < 1.29 is 14.3 Å². The number of amides is 1. The molecule has 7 heteroatoms. The second-order valence-electron chi connectivity index (χ2n) is 6.40. The maximum absolute atomic E-state index is 12.2. The molecule has 6 nitrogen and oxygen atoms in total. The van der Waals surface area contributed by atoms with Gasteiger partial charge in [-0.25, -0.2) is 0 Å². The van der Waals surface area contributed by atoms with Gasteiger partial charge in [-0.15, -0.1) is 0 Å². The summed E-state index contributed by atoms with van der Waals surface area (Å²) >= 11 is 5.27. The van der Waals surface area contributed by atoms with Crippen molar-refractivity contribution in [2.75, 3.05) is 6.79 Å². The fourth-order valence-corrected chi connectivity index (χ4v) is 4.05. The fraction of sp³-hybridized carbons (Fsp3) is 0.500. The molecule has 122 valence electrons. The molecule has 1 aliphatic heterocycles. The minimum absolute atomic E-state index is 0.191. The van der Waals surface area contributed by atoms with Crippen molar-refractivity contribution in [3.05, 3.63) is 23.8 Å². The van der Waals surface area contributed by atoms with Crippen LogP contribution in [0.4, 0.5) is 0 Å². The van der Waals surface area contributed by atoms with Crippen LogP contribution in [-0.4, -0.2) is 23.9 Å². The molecule has 1 aromatic carbocycles. The number of hydrogen-bond acceptors (Lipinski definition) is 4. The Morgan fingerprint density at radius 3 is 2.78 bits per heavy atom. The number of ether oxygens (including phenoxy) is 2. The van der Waals surface area contributed by atoms with E-state index in [0.717, 1.165) is 11.8 Å². The number of hydrazine groups is 1. The zero-order valence-corrected chi connectivity index (χ0v) is 13.4. The lowest BCUT2D eigenvalue weighted by Gasteiger charge is -2.24. The number of nitrogens with one attached hydrogen (secondary N) is 3. The molecule has 1 aromatic rings. The summed E-state index contributed by atoms with van der Waals surface area (Å²) in [6, 6.07) is 5.52. The Morgan fingerprint density at radius 2 is 2.00 bits per heavy atom. The summed E-state index contributed by atoms with van der Waals surface area (Å²) < 4.78 is 10.5. The zero-order chi connectivity index (χ0) is 15.8. The Labute approximate surface area is 139 Å². The summed E-state index contributed by atoms with van der Waals surface area (Å²) in [4.78, 5) is 12.2. The average molecular weight is 333 g/mol.